The predicted molar refractivity (Wildman–Crippen MR) is 148 cm³/mol. The van der Waals surface area contributed by atoms with Crippen molar-refractivity contribution in [3.63, 3.8) is 0 Å². The van der Waals surface area contributed by atoms with E-state index in [1.807, 2.05) is 37.3 Å². The van der Waals surface area contributed by atoms with Gasteiger partial charge in [-0.05, 0) is 83.5 Å². The van der Waals surface area contributed by atoms with Gasteiger partial charge in [-0.1, -0.05) is 36.4 Å². The summed E-state index contributed by atoms with van der Waals surface area (Å²) in [4.78, 5) is 26.5. The molecule has 190 valence electrons. The molecule has 0 unspecified atom stereocenters. The van der Waals surface area contributed by atoms with Crippen molar-refractivity contribution < 1.29 is 23.5 Å². The molecule has 0 bridgehead atoms. The number of allylic oxidation sites excluding steroid dienone is 1. The fourth-order valence-corrected chi connectivity index (χ4v) is 4.28. The predicted octanol–water partition coefficient (Wildman–Crippen LogP) is 6.23. The van der Waals surface area contributed by atoms with Gasteiger partial charge in [0.2, 0.25) is 0 Å². The summed E-state index contributed by atoms with van der Waals surface area (Å²) in [6, 6.07) is 17.2. The molecule has 1 aliphatic heterocycles. The Morgan fingerprint density at radius 3 is 2.51 bits per heavy atom. The molecule has 1 N–H and O–H groups in total. The average Bonchev–Trinajstić information content (AvgIpc) is 3.13. The number of rotatable bonds is 10. The first-order chi connectivity index (χ1) is 17.9. The van der Waals surface area contributed by atoms with Gasteiger partial charge in [-0.3, -0.25) is 9.69 Å². The molecule has 3 aromatic carbocycles. The van der Waals surface area contributed by atoms with E-state index in [0.717, 1.165) is 19.6 Å². The Morgan fingerprint density at radius 1 is 1.05 bits per heavy atom. The summed E-state index contributed by atoms with van der Waals surface area (Å²) in [6.07, 6.45) is 3.86. The number of nitrogens with zero attached hydrogens (tertiary/aromatic N) is 1. The molecule has 0 aliphatic carbocycles. The topological polar surface area (TPSA) is 67.9 Å². The summed E-state index contributed by atoms with van der Waals surface area (Å²) >= 11 is 2.26. The van der Waals surface area contributed by atoms with Gasteiger partial charge in [0.15, 0.2) is 11.5 Å². The van der Waals surface area contributed by atoms with Crippen molar-refractivity contribution in [3.8, 4) is 11.5 Å². The van der Waals surface area contributed by atoms with E-state index in [-0.39, 0.29) is 17.8 Å². The average molecular weight is 612 g/mol. The summed E-state index contributed by atoms with van der Waals surface area (Å²) in [5.74, 6) is 0.122. The highest BCUT2D eigenvalue weighted by molar-refractivity contribution is 14.1. The number of hydrogen-bond acceptors (Lipinski definition) is 4. The van der Waals surface area contributed by atoms with Crippen molar-refractivity contribution >= 4 is 40.6 Å². The molecule has 0 spiro atoms. The third-order valence-corrected chi connectivity index (χ3v) is 6.39. The third kappa shape index (κ3) is 6.37. The smallest absolute Gasteiger partial charge is 0.329 e. The van der Waals surface area contributed by atoms with Crippen LogP contribution in [0.4, 0.5) is 9.18 Å². The van der Waals surface area contributed by atoms with Crippen LogP contribution in [0.1, 0.15) is 29.2 Å². The molecular weight excluding hydrogens is 586 g/mol. The van der Waals surface area contributed by atoms with E-state index < -0.39 is 17.8 Å². The molecule has 3 amide bonds. The second-order valence-electron chi connectivity index (χ2n) is 8.32. The van der Waals surface area contributed by atoms with Crippen LogP contribution in [0.15, 0.2) is 79.0 Å². The van der Waals surface area contributed by atoms with Crippen LogP contribution in [0.2, 0.25) is 0 Å². The van der Waals surface area contributed by atoms with Crippen LogP contribution in [0.5, 0.6) is 11.5 Å². The Hall–Kier alpha value is -3.66. The van der Waals surface area contributed by atoms with Gasteiger partial charge in [0, 0.05) is 14.7 Å². The summed E-state index contributed by atoms with van der Waals surface area (Å²) < 4.78 is 27.3. The number of imide groups is 1. The van der Waals surface area contributed by atoms with E-state index in [4.69, 9.17) is 9.47 Å². The minimum absolute atomic E-state index is 0.0981. The van der Waals surface area contributed by atoms with Crippen molar-refractivity contribution in [1.82, 2.24) is 10.2 Å². The van der Waals surface area contributed by atoms with Crippen LogP contribution in [0.3, 0.4) is 0 Å². The number of nitrogens with one attached hydrogen (secondary N) is 1. The maximum absolute atomic E-state index is 14.1. The highest BCUT2D eigenvalue weighted by Gasteiger charge is 2.34. The first-order valence-corrected chi connectivity index (χ1v) is 12.8. The molecule has 1 saturated heterocycles. The van der Waals surface area contributed by atoms with E-state index in [9.17, 15) is 14.0 Å². The fourth-order valence-electron chi connectivity index (χ4n) is 3.92. The van der Waals surface area contributed by atoms with Crippen LogP contribution >= 0.6 is 22.6 Å². The van der Waals surface area contributed by atoms with E-state index >= 15 is 0 Å². The van der Waals surface area contributed by atoms with E-state index in [2.05, 4.69) is 34.5 Å². The normalized spacial score (nSPS) is 14.1. The number of amides is 3. The molecular formula is C29H26FIN2O4. The summed E-state index contributed by atoms with van der Waals surface area (Å²) in [6.45, 7) is 6.35. The van der Waals surface area contributed by atoms with Gasteiger partial charge in [0.25, 0.3) is 5.91 Å². The second kappa shape index (κ2) is 12.1. The van der Waals surface area contributed by atoms with Crippen LogP contribution in [0, 0.1) is 9.39 Å². The molecule has 1 fully saturated rings. The minimum Gasteiger partial charge on any atom is -0.490 e. The molecule has 0 saturated carbocycles. The highest BCUT2D eigenvalue weighted by atomic mass is 127. The maximum atomic E-state index is 14.1. The van der Waals surface area contributed by atoms with Crippen LogP contribution in [-0.4, -0.2) is 23.4 Å². The zero-order chi connectivity index (χ0) is 26.4. The van der Waals surface area contributed by atoms with Crippen molar-refractivity contribution in [1.29, 1.82) is 0 Å². The number of ether oxygens (including phenoxy) is 2. The Morgan fingerprint density at radius 2 is 1.81 bits per heavy atom. The molecule has 6 nitrogen and oxygen atoms in total. The lowest BCUT2D eigenvalue weighted by Gasteiger charge is -2.17. The summed E-state index contributed by atoms with van der Waals surface area (Å²) in [5, 5.41) is 2.59. The first kappa shape index (κ1) is 26.4. The van der Waals surface area contributed by atoms with Crippen molar-refractivity contribution in [2.75, 3.05) is 6.61 Å². The number of carbonyl (C=O) groups is 2. The van der Waals surface area contributed by atoms with E-state index in [1.165, 1.54) is 6.07 Å². The molecule has 1 aliphatic rings. The number of benzene rings is 3. The molecule has 0 aromatic heterocycles. The van der Waals surface area contributed by atoms with Gasteiger partial charge in [0.1, 0.15) is 18.1 Å². The van der Waals surface area contributed by atoms with Gasteiger partial charge in [-0.25, -0.2) is 9.18 Å². The Balaban J connectivity index is 1.62. The fraction of sp³-hybridized carbons (Fsp3) is 0.172. The van der Waals surface area contributed by atoms with Crippen molar-refractivity contribution in [2.24, 2.45) is 0 Å². The number of halogens is 2. The van der Waals surface area contributed by atoms with E-state index in [1.54, 1.807) is 36.4 Å². The molecule has 8 heteroatoms. The van der Waals surface area contributed by atoms with Crippen molar-refractivity contribution in [3.05, 3.63) is 111 Å². The van der Waals surface area contributed by atoms with Gasteiger partial charge < -0.3 is 14.8 Å². The maximum Gasteiger partial charge on any atom is 0.329 e. The Kier molecular flexibility index (Phi) is 8.60. The second-order valence-corrected chi connectivity index (χ2v) is 9.56. The number of urea groups is 1. The Labute approximate surface area is 228 Å². The number of carbonyl (C=O) groups excluding carboxylic acids is 2. The molecule has 4 rings (SSSR count). The van der Waals surface area contributed by atoms with Crippen molar-refractivity contribution in [2.45, 2.75) is 26.5 Å². The first-order valence-electron chi connectivity index (χ1n) is 11.8. The zero-order valence-electron chi connectivity index (χ0n) is 20.3. The largest absolute Gasteiger partial charge is 0.490 e. The van der Waals surface area contributed by atoms with Gasteiger partial charge in [-0.2, -0.15) is 0 Å². The van der Waals surface area contributed by atoms with Crippen LogP contribution < -0.4 is 14.8 Å². The Bertz CT molecular complexity index is 1350. The van der Waals surface area contributed by atoms with Gasteiger partial charge >= 0.3 is 6.03 Å². The lowest BCUT2D eigenvalue weighted by molar-refractivity contribution is -0.123. The zero-order valence-corrected chi connectivity index (χ0v) is 22.5. The molecule has 0 radical (unpaired) electrons. The molecule has 0 atom stereocenters. The lowest BCUT2D eigenvalue weighted by atomic mass is 10.0. The van der Waals surface area contributed by atoms with Gasteiger partial charge in [0.05, 0.1) is 13.2 Å². The summed E-state index contributed by atoms with van der Waals surface area (Å²) in [5.41, 5.74) is 2.86. The lowest BCUT2D eigenvalue weighted by Crippen LogP contribution is -2.30. The molecule has 1 heterocycles. The minimum atomic E-state index is -0.603. The standard InChI is InChI=1S/C29H26FIN2O4/c1-3-7-21-14-20(16-26(36-4-2)27(21)37-18-19-10-12-23(31)13-11-19)15-25-28(34)33(29(35)32-25)17-22-8-5-6-9-24(22)30/h3,5-6,8-16H,1,4,7,17-18H2,2H3,(H,32,35)/b25-15+. The monoisotopic (exact) mass is 612 g/mol. The van der Waals surface area contributed by atoms with Gasteiger partial charge in [-0.15, -0.1) is 6.58 Å². The third-order valence-electron chi connectivity index (χ3n) is 5.67. The quantitative estimate of drug-likeness (QED) is 0.128. The SMILES string of the molecule is C=CCc1cc(/C=C2/NC(=O)N(Cc3ccccc3F)C2=O)cc(OCC)c1OCc1ccc(I)cc1. The molecule has 3 aromatic rings. The van der Waals surface area contributed by atoms with E-state index in [0.29, 0.717) is 36.7 Å². The van der Waals surface area contributed by atoms with Crippen LogP contribution in [0.25, 0.3) is 6.08 Å². The summed E-state index contributed by atoms with van der Waals surface area (Å²) in [7, 11) is 0. The van der Waals surface area contributed by atoms with Crippen LogP contribution in [-0.2, 0) is 24.4 Å². The number of hydrogen-bond donors (Lipinski definition) is 1. The molecule has 37 heavy (non-hydrogen) atoms. The highest BCUT2D eigenvalue weighted by Crippen LogP contribution is 2.35.